The summed E-state index contributed by atoms with van der Waals surface area (Å²) in [5.74, 6) is -1.00. The monoisotopic (exact) mass is 432 g/mol. The van der Waals surface area contributed by atoms with Crippen LogP contribution in [0.1, 0.15) is 19.8 Å². The van der Waals surface area contributed by atoms with E-state index in [9.17, 15) is 14.7 Å². The number of piperazine rings is 1. The van der Waals surface area contributed by atoms with Crippen molar-refractivity contribution in [3.63, 3.8) is 0 Å². The maximum atomic E-state index is 13.1. The Hall–Kier alpha value is -1.54. The van der Waals surface area contributed by atoms with Crippen molar-refractivity contribution in [3.8, 4) is 0 Å². The number of benzene rings is 1. The SMILES string of the molecule is CC(C(=O)O)N(C(=O)N1CCN(C2CCNCC2)CC1)c1ccccc1.Cl.Cl. The number of carbonyl (C=O) groups excluding carboxylic acids is 1. The summed E-state index contributed by atoms with van der Waals surface area (Å²) in [6.07, 6.45) is 2.31. The van der Waals surface area contributed by atoms with Crippen molar-refractivity contribution in [1.29, 1.82) is 0 Å². The van der Waals surface area contributed by atoms with E-state index in [-0.39, 0.29) is 30.8 Å². The van der Waals surface area contributed by atoms with E-state index in [2.05, 4.69) is 10.2 Å². The number of urea groups is 1. The Labute approximate surface area is 178 Å². The number of carboxylic acids is 1. The number of halogens is 2. The summed E-state index contributed by atoms with van der Waals surface area (Å²) in [4.78, 5) is 30.3. The van der Waals surface area contributed by atoms with Crippen LogP contribution >= 0.6 is 24.8 Å². The van der Waals surface area contributed by atoms with Crippen molar-refractivity contribution in [2.75, 3.05) is 44.2 Å². The molecule has 0 radical (unpaired) electrons. The number of anilines is 1. The van der Waals surface area contributed by atoms with Crippen molar-refractivity contribution >= 4 is 42.5 Å². The van der Waals surface area contributed by atoms with Crippen LogP contribution in [-0.2, 0) is 4.79 Å². The number of rotatable bonds is 4. The molecule has 3 rings (SSSR count). The number of aliphatic carboxylic acids is 1. The molecule has 28 heavy (non-hydrogen) atoms. The Morgan fingerprint density at radius 1 is 1.07 bits per heavy atom. The Morgan fingerprint density at radius 3 is 2.18 bits per heavy atom. The summed E-state index contributed by atoms with van der Waals surface area (Å²) in [6.45, 7) is 6.64. The predicted octanol–water partition coefficient (Wildman–Crippen LogP) is 2.30. The third kappa shape index (κ3) is 5.73. The fourth-order valence-electron chi connectivity index (χ4n) is 3.80. The highest BCUT2D eigenvalue weighted by Crippen LogP contribution is 2.21. The Bertz CT molecular complexity index is 621. The normalized spacial score (nSPS) is 19.1. The van der Waals surface area contributed by atoms with Gasteiger partial charge in [-0.1, -0.05) is 18.2 Å². The number of nitrogens with one attached hydrogen (secondary N) is 1. The highest BCUT2D eigenvalue weighted by atomic mass is 35.5. The molecule has 158 valence electrons. The molecule has 2 aliphatic rings. The second kappa shape index (κ2) is 11.5. The molecule has 0 bridgehead atoms. The molecule has 2 N–H and O–H groups in total. The van der Waals surface area contributed by atoms with E-state index >= 15 is 0 Å². The van der Waals surface area contributed by atoms with Gasteiger partial charge in [0.05, 0.1) is 0 Å². The van der Waals surface area contributed by atoms with Gasteiger partial charge in [-0.2, -0.15) is 0 Å². The van der Waals surface area contributed by atoms with Gasteiger partial charge in [-0.15, -0.1) is 24.8 Å². The zero-order chi connectivity index (χ0) is 18.5. The van der Waals surface area contributed by atoms with E-state index in [0.29, 0.717) is 24.8 Å². The van der Waals surface area contributed by atoms with Gasteiger partial charge < -0.3 is 15.3 Å². The van der Waals surface area contributed by atoms with Crippen LogP contribution in [0.4, 0.5) is 10.5 Å². The van der Waals surface area contributed by atoms with Gasteiger partial charge in [0.15, 0.2) is 0 Å². The number of nitrogens with zero attached hydrogens (tertiary/aromatic N) is 3. The minimum atomic E-state index is -1.00. The first kappa shape index (κ1) is 24.5. The minimum absolute atomic E-state index is 0. The van der Waals surface area contributed by atoms with Gasteiger partial charge >= 0.3 is 12.0 Å². The highest BCUT2D eigenvalue weighted by molar-refractivity contribution is 5.98. The largest absolute Gasteiger partial charge is 0.480 e. The minimum Gasteiger partial charge on any atom is -0.480 e. The van der Waals surface area contributed by atoms with E-state index in [1.165, 1.54) is 4.90 Å². The lowest BCUT2D eigenvalue weighted by atomic mass is 10.0. The lowest BCUT2D eigenvalue weighted by Crippen LogP contribution is -2.58. The fourth-order valence-corrected chi connectivity index (χ4v) is 3.80. The van der Waals surface area contributed by atoms with Crippen LogP contribution in [0.5, 0.6) is 0 Å². The number of carboxylic acid groups (broad SMARTS) is 1. The second-order valence-electron chi connectivity index (χ2n) is 7.01. The molecule has 1 aromatic rings. The molecule has 2 amide bonds. The summed E-state index contributed by atoms with van der Waals surface area (Å²) in [5.41, 5.74) is 0.619. The molecule has 1 unspecified atom stereocenters. The smallest absolute Gasteiger partial charge is 0.326 e. The van der Waals surface area contributed by atoms with Crippen LogP contribution in [0.2, 0.25) is 0 Å². The quantitative estimate of drug-likeness (QED) is 0.762. The van der Waals surface area contributed by atoms with Crippen LogP contribution in [0.25, 0.3) is 0 Å². The zero-order valence-electron chi connectivity index (χ0n) is 16.1. The summed E-state index contributed by atoms with van der Waals surface area (Å²) in [7, 11) is 0. The number of hydrogen-bond donors (Lipinski definition) is 2. The van der Waals surface area contributed by atoms with Crippen LogP contribution < -0.4 is 10.2 Å². The molecule has 9 heteroatoms. The standard InChI is InChI=1S/C19H28N4O3.2ClH/c1-15(18(24)25)23(17-5-3-2-4-6-17)19(26)22-13-11-21(12-14-22)16-7-9-20-10-8-16;;/h2-6,15-16,20H,7-14H2,1H3,(H,24,25);2*1H. The van der Waals surface area contributed by atoms with E-state index in [4.69, 9.17) is 0 Å². The Balaban J connectivity index is 0.00000196. The summed E-state index contributed by atoms with van der Waals surface area (Å²) >= 11 is 0. The maximum absolute atomic E-state index is 13.1. The van der Waals surface area contributed by atoms with Crippen LogP contribution in [0.3, 0.4) is 0 Å². The maximum Gasteiger partial charge on any atom is 0.326 e. The van der Waals surface area contributed by atoms with E-state index in [1.807, 2.05) is 18.2 Å². The van der Waals surface area contributed by atoms with Crippen molar-refractivity contribution in [1.82, 2.24) is 15.1 Å². The number of para-hydroxylation sites is 1. The van der Waals surface area contributed by atoms with Crippen molar-refractivity contribution < 1.29 is 14.7 Å². The van der Waals surface area contributed by atoms with Gasteiger partial charge in [0.1, 0.15) is 6.04 Å². The fraction of sp³-hybridized carbons (Fsp3) is 0.579. The molecule has 1 aromatic carbocycles. The van der Waals surface area contributed by atoms with Gasteiger partial charge in [0.25, 0.3) is 0 Å². The highest BCUT2D eigenvalue weighted by Gasteiger charge is 2.33. The molecular weight excluding hydrogens is 403 g/mol. The molecule has 0 spiro atoms. The number of carbonyl (C=O) groups is 2. The Morgan fingerprint density at radius 2 is 1.64 bits per heavy atom. The lowest BCUT2D eigenvalue weighted by molar-refractivity contribution is -0.138. The Kier molecular flexibility index (Phi) is 10.0. The second-order valence-corrected chi connectivity index (χ2v) is 7.01. The summed E-state index contributed by atoms with van der Waals surface area (Å²) in [6, 6.07) is 8.51. The first-order valence-corrected chi connectivity index (χ1v) is 9.38. The van der Waals surface area contributed by atoms with Gasteiger partial charge in [0.2, 0.25) is 0 Å². The summed E-state index contributed by atoms with van der Waals surface area (Å²) in [5, 5.41) is 12.8. The van der Waals surface area contributed by atoms with Crippen LogP contribution in [-0.4, -0.2) is 78.3 Å². The predicted molar refractivity (Wildman–Crippen MR) is 115 cm³/mol. The van der Waals surface area contributed by atoms with Gasteiger partial charge in [0, 0.05) is 37.9 Å². The van der Waals surface area contributed by atoms with E-state index in [0.717, 1.165) is 39.0 Å². The molecule has 1 atom stereocenters. The molecule has 2 saturated heterocycles. The number of hydrogen-bond acceptors (Lipinski definition) is 4. The first-order chi connectivity index (χ1) is 12.6. The summed E-state index contributed by atoms with van der Waals surface area (Å²) < 4.78 is 0. The molecule has 0 saturated carbocycles. The molecule has 2 fully saturated rings. The molecule has 0 aliphatic carbocycles. The van der Waals surface area contributed by atoms with Gasteiger partial charge in [-0.3, -0.25) is 9.80 Å². The van der Waals surface area contributed by atoms with Crippen molar-refractivity contribution in [2.24, 2.45) is 0 Å². The molecule has 0 aromatic heterocycles. The van der Waals surface area contributed by atoms with Crippen molar-refractivity contribution in [2.45, 2.75) is 31.8 Å². The van der Waals surface area contributed by atoms with Gasteiger partial charge in [-0.05, 0) is 45.0 Å². The average molecular weight is 433 g/mol. The average Bonchev–Trinajstić information content (AvgIpc) is 2.69. The topological polar surface area (TPSA) is 76.1 Å². The third-order valence-corrected chi connectivity index (χ3v) is 5.39. The number of amides is 2. The third-order valence-electron chi connectivity index (χ3n) is 5.39. The first-order valence-electron chi connectivity index (χ1n) is 9.38. The lowest BCUT2D eigenvalue weighted by Gasteiger charge is -2.42. The molecule has 2 heterocycles. The molecular formula is C19H30Cl2N4O3. The molecule has 7 nitrogen and oxygen atoms in total. The molecule has 2 aliphatic heterocycles. The van der Waals surface area contributed by atoms with Gasteiger partial charge in [-0.25, -0.2) is 9.59 Å². The van der Waals surface area contributed by atoms with E-state index in [1.54, 1.807) is 24.0 Å². The zero-order valence-corrected chi connectivity index (χ0v) is 17.8. The van der Waals surface area contributed by atoms with Crippen molar-refractivity contribution in [3.05, 3.63) is 30.3 Å². The van der Waals surface area contributed by atoms with Crippen LogP contribution in [0.15, 0.2) is 30.3 Å². The number of piperidine rings is 1. The van der Waals surface area contributed by atoms with E-state index < -0.39 is 12.0 Å². The van der Waals surface area contributed by atoms with Crippen LogP contribution in [0, 0.1) is 0 Å².